The minimum atomic E-state index is 0.751. The van der Waals surface area contributed by atoms with Gasteiger partial charge in [-0.25, -0.2) is 4.98 Å². The van der Waals surface area contributed by atoms with Crippen LogP contribution < -0.4 is 0 Å². The summed E-state index contributed by atoms with van der Waals surface area (Å²) in [4.78, 5) is 7.94. The second-order valence-corrected chi connectivity index (χ2v) is 5.34. The number of imidazole rings is 2. The minimum Gasteiger partial charge on any atom is -0.323 e. The SMILES string of the molecule is Cc1cc2c(cc1Cl)nc1[nH]c(-c3ccccc3)cn12. The second-order valence-electron chi connectivity index (χ2n) is 4.93. The largest absolute Gasteiger partial charge is 0.323 e. The fourth-order valence-electron chi connectivity index (χ4n) is 2.49. The summed E-state index contributed by atoms with van der Waals surface area (Å²) in [5.41, 5.74) is 5.25. The molecule has 1 N–H and O–H groups in total. The van der Waals surface area contributed by atoms with E-state index in [9.17, 15) is 0 Å². The molecule has 98 valence electrons. The first-order valence-electron chi connectivity index (χ1n) is 6.45. The molecule has 20 heavy (non-hydrogen) atoms. The van der Waals surface area contributed by atoms with Crippen LogP contribution in [0.15, 0.2) is 48.7 Å². The van der Waals surface area contributed by atoms with Gasteiger partial charge in [-0.3, -0.25) is 4.40 Å². The third-order valence-corrected chi connectivity index (χ3v) is 3.97. The van der Waals surface area contributed by atoms with Crippen LogP contribution in [-0.4, -0.2) is 14.4 Å². The lowest BCUT2D eigenvalue weighted by Gasteiger charge is -1.98. The summed E-state index contributed by atoms with van der Waals surface area (Å²) in [5, 5.41) is 0.751. The molecule has 2 aromatic heterocycles. The van der Waals surface area contributed by atoms with Crippen LogP contribution in [0.4, 0.5) is 0 Å². The second kappa shape index (κ2) is 4.12. The molecule has 0 atom stereocenters. The Morgan fingerprint density at radius 3 is 2.75 bits per heavy atom. The van der Waals surface area contributed by atoms with Crippen molar-refractivity contribution in [2.75, 3.05) is 0 Å². The van der Waals surface area contributed by atoms with Gasteiger partial charge < -0.3 is 4.98 Å². The van der Waals surface area contributed by atoms with E-state index in [1.165, 1.54) is 0 Å². The fourth-order valence-corrected chi connectivity index (χ4v) is 2.64. The summed E-state index contributed by atoms with van der Waals surface area (Å²) in [5.74, 6) is 0.834. The molecular formula is C16H12ClN3. The van der Waals surface area contributed by atoms with Gasteiger partial charge in [0.25, 0.3) is 0 Å². The Labute approximate surface area is 120 Å². The van der Waals surface area contributed by atoms with E-state index in [1.807, 2.05) is 31.2 Å². The molecule has 0 aliphatic heterocycles. The maximum atomic E-state index is 6.15. The van der Waals surface area contributed by atoms with Crippen LogP contribution in [0.2, 0.25) is 5.02 Å². The topological polar surface area (TPSA) is 33.1 Å². The van der Waals surface area contributed by atoms with E-state index in [1.54, 1.807) is 0 Å². The van der Waals surface area contributed by atoms with Gasteiger partial charge in [0.05, 0.1) is 16.7 Å². The molecule has 0 spiro atoms. The average molecular weight is 282 g/mol. The minimum absolute atomic E-state index is 0.751. The molecule has 0 saturated carbocycles. The van der Waals surface area contributed by atoms with E-state index in [0.717, 1.165) is 38.7 Å². The van der Waals surface area contributed by atoms with Gasteiger partial charge in [0, 0.05) is 11.2 Å². The molecule has 0 amide bonds. The Balaban J connectivity index is 1.99. The van der Waals surface area contributed by atoms with E-state index in [0.29, 0.717) is 0 Å². The molecule has 3 nitrogen and oxygen atoms in total. The summed E-state index contributed by atoms with van der Waals surface area (Å²) < 4.78 is 2.07. The van der Waals surface area contributed by atoms with Gasteiger partial charge in [-0.05, 0) is 30.2 Å². The Morgan fingerprint density at radius 2 is 1.95 bits per heavy atom. The first kappa shape index (κ1) is 11.6. The predicted octanol–water partition coefficient (Wildman–Crippen LogP) is 4.44. The van der Waals surface area contributed by atoms with Crippen molar-refractivity contribution < 1.29 is 0 Å². The quantitative estimate of drug-likeness (QED) is 0.549. The van der Waals surface area contributed by atoms with Crippen LogP contribution >= 0.6 is 11.6 Å². The molecule has 0 bridgehead atoms. The summed E-state index contributed by atoms with van der Waals surface area (Å²) in [7, 11) is 0. The molecular weight excluding hydrogens is 270 g/mol. The van der Waals surface area contributed by atoms with Crippen LogP contribution in [0.25, 0.3) is 28.1 Å². The summed E-state index contributed by atoms with van der Waals surface area (Å²) in [6.45, 7) is 2.01. The van der Waals surface area contributed by atoms with Crippen LogP contribution in [0.3, 0.4) is 0 Å². The highest BCUT2D eigenvalue weighted by Crippen LogP contribution is 2.26. The van der Waals surface area contributed by atoms with E-state index in [2.05, 4.69) is 38.8 Å². The zero-order valence-electron chi connectivity index (χ0n) is 10.9. The van der Waals surface area contributed by atoms with Crippen molar-refractivity contribution >= 4 is 28.4 Å². The van der Waals surface area contributed by atoms with Crippen molar-refractivity contribution in [2.45, 2.75) is 6.92 Å². The fraction of sp³-hybridized carbons (Fsp3) is 0.0625. The Hall–Kier alpha value is -2.26. The summed E-state index contributed by atoms with van der Waals surface area (Å²) >= 11 is 6.15. The molecule has 0 aliphatic carbocycles. The number of benzene rings is 2. The number of hydrogen-bond donors (Lipinski definition) is 1. The number of H-pyrrole nitrogens is 1. The lowest BCUT2D eigenvalue weighted by molar-refractivity contribution is 1.24. The third kappa shape index (κ3) is 1.63. The van der Waals surface area contributed by atoms with Crippen LogP contribution in [0.5, 0.6) is 0 Å². The van der Waals surface area contributed by atoms with E-state index < -0.39 is 0 Å². The number of aryl methyl sites for hydroxylation is 1. The van der Waals surface area contributed by atoms with Gasteiger partial charge in [0.15, 0.2) is 0 Å². The van der Waals surface area contributed by atoms with Crippen molar-refractivity contribution in [1.82, 2.24) is 14.4 Å². The first-order chi connectivity index (χ1) is 9.72. The Morgan fingerprint density at radius 1 is 1.15 bits per heavy atom. The predicted molar refractivity (Wildman–Crippen MR) is 82.2 cm³/mol. The van der Waals surface area contributed by atoms with Gasteiger partial charge in [0.2, 0.25) is 5.78 Å². The van der Waals surface area contributed by atoms with Gasteiger partial charge in [-0.2, -0.15) is 0 Å². The number of aromatic amines is 1. The standard InChI is InChI=1S/C16H12ClN3/c1-10-7-15-13(8-12(10)17)18-16-19-14(9-20(15)16)11-5-3-2-4-6-11/h2-9H,1H3,(H,18,19). The monoisotopic (exact) mass is 281 g/mol. The number of fused-ring (bicyclic) bond motifs is 3. The summed E-state index contributed by atoms with van der Waals surface area (Å²) in [6.07, 6.45) is 2.08. The molecule has 4 rings (SSSR count). The highest BCUT2D eigenvalue weighted by molar-refractivity contribution is 6.32. The molecule has 0 fully saturated rings. The number of halogens is 1. The smallest absolute Gasteiger partial charge is 0.212 e. The van der Waals surface area contributed by atoms with Crippen molar-refractivity contribution in [3.63, 3.8) is 0 Å². The highest BCUT2D eigenvalue weighted by Gasteiger charge is 2.10. The molecule has 0 saturated heterocycles. The maximum absolute atomic E-state index is 6.15. The number of hydrogen-bond acceptors (Lipinski definition) is 1. The van der Waals surface area contributed by atoms with Gasteiger partial charge >= 0.3 is 0 Å². The Bertz CT molecular complexity index is 919. The van der Waals surface area contributed by atoms with Crippen molar-refractivity contribution in [3.8, 4) is 11.3 Å². The van der Waals surface area contributed by atoms with Crippen LogP contribution in [0, 0.1) is 6.92 Å². The third-order valence-electron chi connectivity index (χ3n) is 3.56. The molecule has 2 heterocycles. The van der Waals surface area contributed by atoms with Crippen molar-refractivity contribution in [3.05, 3.63) is 59.2 Å². The number of nitrogens with one attached hydrogen (secondary N) is 1. The number of rotatable bonds is 1. The molecule has 0 radical (unpaired) electrons. The normalized spacial score (nSPS) is 11.5. The molecule has 4 aromatic rings. The van der Waals surface area contributed by atoms with Crippen LogP contribution in [-0.2, 0) is 0 Å². The lowest BCUT2D eigenvalue weighted by Crippen LogP contribution is -1.80. The Kier molecular flexibility index (Phi) is 2.38. The van der Waals surface area contributed by atoms with Crippen LogP contribution in [0.1, 0.15) is 5.56 Å². The zero-order chi connectivity index (χ0) is 13.7. The zero-order valence-corrected chi connectivity index (χ0v) is 11.6. The van der Waals surface area contributed by atoms with Gasteiger partial charge in [0.1, 0.15) is 0 Å². The van der Waals surface area contributed by atoms with Gasteiger partial charge in [-0.15, -0.1) is 0 Å². The highest BCUT2D eigenvalue weighted by atomic mass is 35.5. The average Bonchev–Trinajstić information content (AvgIpc) is 2.99. The van der Waals surface area contributed by atoms with Crippen molar-refractivity contribution in [1.29, 1.82) is 0 Å². The van der Waals surface area contributed by atoms with E-state index in [4.69, 9.17) is 11.6 Å². The maximum Gasteiger partial charge on any atom is 0.212 e. The summed E-state index contributed by atoms with van der Waals surface area (Å²) in [6, 6.07) is 14.2. The number of nitrogens with zero attached hydrogens (tertiary/aromatic N) is 2. The van der Waals surface area contributed by atoms with Gasteiger partial charge in [-0.1, -0.05) is 41.9 Å². The van der Waals surface area contributed by atoms with Crippen molar-refractivity contribution in [2.24, 2.45) is 0 Å². The molecule has 0 unspecified atom stereocenters. The van der Waals surface area contributed by atoms with E-state index in [-0.39, 0.29) is 0 Å². The molecule has 0 aliphatic rings. The van der Waals surface area contributed by atoms with E-state index >= 15 is 0 Å². The molecule has 2 aromatic carbocycles. The number of aromatic nitrogens is 3. The molecule has 4 heteroatoms. The lowest BCUT2D eigenvalue weighted by atomic mass is 10.2. The first-order valence-corrected chi connectivity index (χ1v) is 6.82.